The van der Waals surface area contributed by atoms with Gasteiger partial charge in [0.2, 0.25) is 0 Å². The summed E-state index contributed by atoms with van der Waals surface area (Å²) in [4.78, 5) is 26.6. The Morgan fingerprint density at radius 3 is 1.94 bits per heavy atom. The summed E-state index contributed by atoms with van der Waals surface area (Å²) >= 11 is 0. The summed E-state index contributed by atoms with van der Waals surface area (Å²) in [6.45, 7) is 2.24. The minimum atomic E-state index is -5.18. The molecule has 0 aliphatic heterocycles. The number of phosphoric ester groups is 1. The van der Waals surface area contributed by atoms with Gasteiger partial charge in [-0.1, -0.05) is 0 Å². The van der Waals surface area contributed by atoms with E-state index in [9.17, 15) is 13.7 Å². The second kappa shape index (κ2) is 7.26. The van der Waals surface area contributed by atoms with E-state index in [-0.39, 0.29) is 13.2 Å². The molecule has 10 nitrogen and oxygen atoms in total. The molecular formula is C5H15O10P3. The Labute approximate surface area is 104 Å². The average molecular weight is 328 g/mol. The lowest BCUT2D eigenvalue weighted by Gasteiger charge is -2.16. The Kier molecular flexibility index (Phi) is 7.43. The van der Waals surface area contributed by atoms with Crippen LogP contribution in [-0.4, -0.2) is 41.2 Å². The summed E-state index contributed by atoms with van der Waals surface area (Å²) in [6, 6.07) is 0. The molecule has 3 N–H and O–H groups in total. The van der Waals surface area contributed by atoms with Crippen molar-refractivity contribution in [1.29, 1.82) is 0 Å². The van der Waals surface area contributed by atoms with E-state index in [0.29, 0.717) is 13.3 Å². The smallest absolute Gasteiger partial charge is 0.379 e. The molecule has 0 aliphatic rings. The first-order chi connectivity index (χ1) is 7.97. The van der Waals surface area contributed by atoms with Gasteiger partial charge in [-0.15, -0.1) is 0 Å². The number of hydrogen-bond acceptors (Lipinski definition) is 7. The lowest BCUT2D eigenvalue weighted by molar-refractivity contribution is 0.0920. The summed E-state index contributed by atoms with van der Waals surface area (Å²) < 4.78 is 49.5. The van der Waals surface area contributed by atoms with Crippen LogP contribution in [0.4, 0.5) is 0 Å². The van der Waals surface area contributed by atoms with Gasteiger partial charge < -0.3 is 19.4 Å². The fourth-order valence-electron chi connectivity index (χ4n) is 0.716. The Morgan fingerprint density at radius 1 is 0.944 bits per heavy atom. The van der Waals surface area contributed by atoms with Crippen molar-refractivity contribution in [1.82, 2.24) is 0 Å². The molecule has 0 bridgehead atoms. The van der Waals surface area contributed by atoms with Gasteiger partial charge in [0.05, 0.1) is 13.2 Å². The summed E-state index contributed by atoms with van der Waals surface area (Å²) in [6.07, 6.45) is 0. The SMILES string of the molecule is CCOCCOP(=O)(O)OP(=O)(O)OP(C)(=O)O. The van der Waals surface area contributed by atoms with Crippen molar-refractivity contribution in [3.8, 4) is 0 Å². The van der Waals surface area contributed by atoms with Crippen molar-refractivity contribution in [3.05, 3.63) is 0 Å². The molecule has 0 aromatic heterocycles. The van der Waals surface area contributed by atoms with Gasteiger partial charge in [0.1, 0.15) is 0 Å². The second-order valence-corrected chi connectivity index (χ2v) is 7.98. The third-order valence-electron chi connectivity index (χ3n) is 1.15. The summed E-state index contributed by atoms with van der Waals surface area (Å²) in [7, 11) is -14.4. The van der Waals surface area contributed by atoms with Crippen molar-refractivity contribution in [2.75, 3.05) is 26.5 Å². The molecule has 0 amide bonds. The molecule has 0 saturated heterocycles. The molecule has 0 aromatic carbocycles. The predicted octanol–water partition coefficient (Wildman–Crippen LogP) is 1.09. The van der Waals surface area contributed by atoms with Gasteiger partial charge in [0, 0.05) is 13.3 Å². The Hall–Kier alpha value is 0.410. The van der Waals surface area contributed by atoms with Gasteiger partial charge in [-0.05, 0) is 6.92 Å². The van der Waals surface area contributed by atoms with Crippen molar-refractivity contribution in [3.63, 3.8) is 0 Å². The highest BCUT2D eigenvalue weighted by molar-refractivity contribution is 7.68. The third kappa shape index (κ3) is 10.3. The highest BCUT2D eigenvalue weighted by Crippen LogP contribution is 2.66. The van der Waals surface area contributed by atoms with Gasteiger partial charge in [-0.3, -0.25) is 9.09 Å². The molecule has 0 spiro atoms. The maximum absolute atomic E-state index is 11.2. The van der Waals surface area contributed by atoms with E-state index < -0.39 is 23.2 Å². The van der Waals surface area contributed by atoms with Crippen LogP contribution < -0.4 is 0 Å². The minimum Gasteiger partial charge on any atom is -0.379 e. The Bertz CT molecular complexity index is 387. The monoisotopic (exact) mass is 328 g/mol. The maximum Gasteiger partial charge on any atom is 0.488 e. The van der Waals surface area contributed by atoms with Gasteiger partial charge in [0.15, 0.2) is 0 Å². The van der Waals surface area contributed by atoms with Crippen LogP contribution in [0.1, 0.15) is 6.92 Å². The van der Waals surface area contributed by atoms with Gasteiger partial charge in [-0.25, -0.2) is 13.4 Å². The Balaban J connectivity index is 4.34. The third-order valence-corrected chi connectivity index (χ3v) is 5.34. The average Bonchev–Trinajstić information content (AvgIpc) is 2.06. The topological polar surface area (TPSA) is 149 Å². The normalized spacial score (nSPS) is 21.8. The zero-order valence-corrected chi connectivity index (χ0v) is 12.3. The molecule has 0 heterocycles. The minimum absolute atomic E-state index is 0.0345. The molecule has 0 radical (unpaired) electrons. The standard InChI is InChI=1S/C5H15O10P3/c1-3-12-4-5-13-17(8,9)15-18(10,11)14-16(2,6)7/h3-5H2,1-2H3,(H,6,7)(H,8,9)(H,10,11). The summed E-state index contributed by atoms with van der Waals surface area (Å²) in [5.74, 6) is 0. The highest BCUT2D eigenvalue weighted by atomic mass is 31.3. The van der Waals surface area contributed by atoms with Crippen molar-refractivity contribution >= 4 is 23.2 Å². The van der Waals surface area contributed by atoms with Crippen LogP contribution in [0.15, 0.2) is 0 Å². The van der Waals surface area contributed by atoms with Gasteiger partial charge >= 0.3 is 23.2 Å². The second-order valence-electron chi connectivity index (χ2n) is 2.93. The first kappa shape index (κ1) is 18.4. The van der Waals surface area contributed by atoms with E-state index in [1.165, 1.54) is 0 Å². The zero-order valence-electron chi connectivity index (χ0n) is 9.66. The van der Waals surface area contributed by atoms with Crippen LogP contribution in [-0.2, 0) is 31.6 Å². The summed E-state index contributed by atoms with van der Waals surface area (Å²) in [5.41, 5.74) is 0. The number of ether oxygens (including phenoxy) is 1. The molecule has 0 aromatic rings. The van der Waals surface area contributed by atoms with Crippen LogP contribution in [0.2, 0.25) is 0 Å². The zero-order chi connectivity index (χ0) is 14.4. The molecule has 18 heavy (non-hydrogen) atoms. The first-order valence-corrected chi connectivity index (χ1v) is 9.60. The molecule has 13 heteroatoms. The van der Waals surface area contributed by atoms with Crippen LogP contribution >= 0.6 is 23.2 Å². The molecule has 0 aliphatic carbocycles. The van der Waals surface area contributed by atoms with E-state index >= 15 is 0 Å². The lowest BCUT2D eigenvalue weighted by Crippen LogP contribution is -2.04. The molecule has 0 rings (SSSR count). The molecule has 3 unspecified atom stereocenters. The Morgan fingerprint density at radius 2 is 1.50 bits per heavy atom. The fourth-order valence-corrected chi connectivity index (χ4v) is 4.17. The van der Waals surface area contributed by atoms with Crippen LogP contribution in [0.25, 0.3) is 0 Å². The maximum atomic E-state index is 11.2. The van der Waals surface area contributed by atoms with Crippen LogP contribution in [0.5, 0.6) is 0 Å². The largest absolute Gasteiger partial charge is 0.488 e. The number of hydrogen-bond donors (Lipinski definition) is 3. The lowest BCUT2D eigenvalue weighted by atomic mass is 10.8. The van der Waals surface area contributed by atoms with E-state index in [1.54, 1.807) is 6.92 Å². The molecular weight excluding hydrogens is 313 g/mol. The number of rotatable bonds is 9. The van der Waals surface area contributed by atoms with E-state index in [1.807, 2.05) is 0 Å². The van der Waals surface area contributed by atoms with E-state index in [2.05, 4.69) is 13.1 Å². The highest BCUT2D eigenvalue weighted by Gasteiger charge is 2.39. The molecule has 110 valence electrons. The first-order valence-electron chi connectivity index (χ1n) is 4.58. The van der Waals surface area contributed by atoms with Crippen LogP contribution in [0, 0.1) is 0 Å². The van der Waals surface area contributed by atoms with Gasteiger partial charge in [0.25, 0.3) is 0 Å². The van der Waals surface area contributed by atoms with Crippen molar-refractivity contribution in [2.24, 2.45) is 0 Å². The fraction of sp³-hybridized carbons (Fsp3) is 1.00. The summed E-state index contributed by atoms with van der Waals surface area (Å²) in [5, 5.41) is 0. The molecule has 3 atom stereocenters. The number of phosphoric acid groups is 2. The predicted molar refractivity (Wildman–Crippen MR) is 60.0 cm³/mol. The molecule has 0 saturated carbocycles. The van der Waals surface area contributed by atoms with E-state index in [4.69, 9.17) is 19.4 Å². The quantitative estimate of drug-likeness (QED) is 0.414. The van der Waals surface area contributed by atoms with Crippen molar-refractivity contribution < 1.29 is 46.3 Å². The molecule has 0 fully saturated rings. The van der Waals surface area contributed by atoms with Gasteiger partial charge in [-0.2, -0.15) is 4.31 Å². The van der Waals surface area contributed by atoms with Crippen molar-refractivity contribution in [2.45, 2.75) is 6.92 Å². The van der Waals surface area contributed by atoms with E-state index in [0.717, 1.165) is 0 Å². The van der Waals surface area contributed by atoms with Crippen LogP contribution in [0.3, 0.4) is 0 Å².